The average molecular weight is 488 g/mol. The molecule has 170 valence electrons. The molecular formula is C25H21N5O2S2. The molecule has 3 heterocycles. The Kier molecular flexibility index (Phi) is 6.04. The van der Waals surface area contributed by atoms with E-state index in [2.05, 4.69) is 38.0 Å². The SMILES string of the molecule is Cn1cccc1[C@H]1[C@H](c2ccccn2)NC(=S)N1c1ccc(Sc2ccc([N+](=O)[O-])cc2)cc1. The van der Waals surface area contributed by atoms with Crippen LogP contribution >= 0.6 is 24.0 Å². The standard InChI is InChI=1S/C25H21N5O2S2/c1-28-16-4-6-22(28)24-23(21-5-2-3-15-26-21)27-25(33)29(24)17-7-11-19(12-8-17)34-20-13-9-18(10-14-20)30(31)32/h2-16,23-24H,1H3,(H,27,33)/t23-,24-/m0/s1. The third kappa shape index (κ3) is 4.27. The summed E-state index contributed by atoms with van der Waals surface area (Å²) in [6.07, 6.45) is 3.84. The van der Waals surface area contributed by atoms with Gasteiger partial charge >= 0.3 is 0 Å². The van der Waals surface area contributed by atoms with Crippen molar-refractivity contribution >= 4 is 40.5 Å². The van der Waals surface area contributed by atoms with E-state index < -0.39 is 4.92 Å². The lowest BCUT2D eigenvalue weighted by molar-refractivity contribution is -0.384. The zero-order chi connectivity index (χ0) is 23.7. The fourth-order valence-electron chi connectivity index (χ4n) is 4.16. The van der Waals surface area contributed by atoms with Crippen LogP contribution in [-0.2, 0) is 7.05 Å². The molecule has 4 aromatic rings. The zero-order valence-electron chi connectivity index (χ0n) is 18.2. The van der Waals surface area contributed by atoms with Crippen molar-refractivity contribution in [2.75, 3.05) is 4.90 Å². The molecule has 0 aliphatic carbocycles. The summed E-state index contributed by atoms with van der Waals surface area (Å²) in [6, 6.07) is 24.7. The molecule has 9 heteroatoms. The van der Waals surface area contributed by atoms with Crippen LogP contribution in [0.15, 0.2) is 101 Å². The molecule has 2 atom stereocenters. The fourth-order valence-corrected chi connectivity index (χ4v) is 5.32. The largest absolute Gasteiger partial charge is 0.353 e. The summed E-state index contributed by atoms with van der Waals surface area (Å²) in [5.74, 6) is 0. The third-order valence-corrected chi connectivity index (χ3v) is 7.11. The number of non-ortho nitro benzene ring substituents is 1. The van der Waals surface area contributed by atoms with Gasteiger partial charge in [-0.1, -0.05) is 17.8 Å². The predicted molar refractivity (Wildman–Crippen MR) is 137 cm³/mol. The molecule has 5 rings (SSSR count). The van der Waals surface area contributed by atoms with Gasteiger partial charge in [0.15, 0.2) is 5.11 Å². The number of rotatable bonds is 6. The van der Waals surface area contributed by atoms with Crippen molar-refractivity contribution < 1.29 is 4.92 Å². The van der Waals surface area contributed by atoms with Gasteiger partial charge in [-0.2, -0.15) is 0 Å². The minimum absolute atomic E-state index is 0.0597. The summed E-state index contributed by atoms with van der Waals surface area (Å²) in [5, 5.41) is 15.0. The third-order valence-electron chi connectivity index (χ3n) is 5.78. The summed E-state index contributed by atoms with van der Waals surface area (Å²) in [7, 11) is 2.04. The second-order valence-corrected chi connectivity index (χ2v) is 9.42. The Morgan fingerprint density at radius 1 is 1.00 bits per heavy atom. The lowest BCUT2D eigenvalue weighted by Crippen LogP contribution is -2.30. The Morgan fingerprint density at radius 3 is 2.29 bits per heavy atom. The van der Waals surface area contributed by atoms with E-state index in [9.17, 15) is 10.1 Å². The van der Waals surface area contributed by atoms with E-state index in [-0.39, 0.29) is 17.8 Å². The van der Waals surface area contributed by atoms with E-state index in [1.54, 1.807) is 30.1 Å². The molecule has 34 heavy (non-hydrogen) atoms. The van der Waals surface area contributed by atoms with Crippen molar-refractivity contribution in [1.82, 2.24) is 14.9 Å². The predicted octanol–water partition coefficient (Wildman–Crippen LogP) is 5.66. The Labute approximate surface area is 206 Å². The molecule has 1 aliphatic rings. The first-order valence-corrected chi connectivity index (χ1v) is 11.9. The van der Waals surface area contributed by atoms with E-state index in [0.29, 0.717) is 5.11 Å². The topological polar surface area (TPSA) is 76.2 Å². The molecule has 0 saturated carbocycles. The molecule has 2 aromatic carbocycles. The minimum atomic E-state index is -0.391. The number of aromatic nitrogens is 2. The van der Waals surface area contributed by atoms with Gasteiger partial charge in [-0.05, 0) is 72.9 Å². The van der Waals surface area contributed by atoms with Crippen molar-refractivity contribution in [3.8, 4) is 0 Å². The minimum Gasteiger partial charge on any atom is -0.353 e. The van der Waals surface area contributed by atoms with Gasteiger partial charge in [0.2, 0.25) is 0 Å². The van der Waals surface area contributed by atoms with Crippen LogP contribution in [-0.4, -0.2) is 19.6 Å². The molecule has 0 unspecified atom stereocenters. The van der Waals surface area contributed by atoms with E-state index in [1.165, 1.54) is 12.1 Å². The highest BCUT2D eigenvalue weighted by Crippen LogP contribution is 2.42. The van der Waals surface area contributed by atoms with Crippen LogP contribution in [0, 0.1) is 10.1 Å². The van der Waals surface area contributed by atoms with E-state index in [4.69, 9.17) is 12.2 Å². The number of pyridine rings is 1. The second-order valence-electron chi connectivity index (χ2n) is 7.89. The first-order chi connectivity index (χ1) is 16.5. The maximum Gasteiger partial charge on any atom is 0.269 e. The second kappa shape index (κ2) is 9.28. The molecule has 2 aromatic heterocycles. The number of thiocarbonyl (C=S) groups is 1. The quantitative estimate of drug-likeness (QED) is 0.214. The Balaban J connectivity index is 1.44. The van der Waals surface area contributed by atoms with E-state index >= 15 is 0 Å². The van der Waals surface area contributed by atoms with Crippen molar-refractivity contribution in [1.29, 1.82) is 0 Å². The molecule has 1 saturated heterocycles. The van der Waals surface area contributed by atoms with Crippen molar-refractivity contribution in [2.24, 2.45) is 7.05 Å². The maximum absolute atomic E-state index is 10.9. The van der Waals surface area contributed by atoms with Crippen LogP contribution in [0.5, 0.6) is 0 Å². The lowest BCUT2D eigenvalue weighted by atomic mass is 10.0. The van der Waals surface area contributed by atoms with Gasteiger partial charge in [0, 0.05) is 52.7 Å². The van der Waals surface area contributed by atoms with Gasteiger partial charge in [0.25, 0.3) is 5.69 Å². The number of hydrogen-bond acceptors (Lipinski definition) is 5. The molecule has 1 fully saturated rings. The number of nitro benzene ring substituents is 1. The summed E-state index contributed by atoms with van der Waals surface area (Å²) in [5.41, 5.74) is 3.13. The summed E-state index contributed by atoms with van der Waals surface area (Å²) in [6.45, 7) is 0. The van der Waals surface area contributed by atoms with Crippen molar-refractivity contribution in [3.05, 3.63) is 113 Å². The van der Waals surface area contributed by atoms with Crippen LogP contribution in [0.3, 0.4) is 0 Å². The Hall–Kier alpha value is -3.69. The normalized spacial score (nSPS) is 17.6. The molecule has 0 bridgehead atoms. The molecule has 1 aliphatic heterocycles. The van der Waals surface area contributed by atoms with Gasteiger partial charge in [0.1, 0.15) is 6.04 Å². The smallest absolute Gasteiger partial charge is 0.269 e. The molecule has 1 N–H and O–H groups in total. The number of hydrogen-bond donors (Lipinski definition) is 1. The number of nitrogens with zero attached hydrogens (tertiary/aromatic N) is 4. The van der Waals surface area contributed by atoms with Crippen LogP contribution < -0.4 is 10.2 Å². The van der Waals surface area contributed by atoms with Crippen molar-refractivity contribution in [3.63, 3.8) is 0 Å². The van der Waals surface area contributed by atoms with E-state index in [1.807, 2.05) is 49.6 Å². The van der Waals surface area contributed by atoms with Gasteiger partial charge in [0.05, 0.1) is 16.7 Å². The number of nitrogens with one attached hydrogen (secondary N) is 1. The maximum atomic E-state index is 10.9. The van der Waals surface area contributed by atoms with Crippen LogP contribution in [0.4, 0.5) is 11.4 Å². The monoisotopic (exact) mass is 487 g/mol. The van der Waals surface area contributed by atoms with Gasteiger partial charge < -0.3 is 14.8 Å². The van der Waals surface area contributed by atoms with Crippen LogP contribution in [0.1, 0.15) is 23.5 Å². The van der Waals surface area contributed by atoms with Crippen molar-refractivity contribution in [2.45, 2.75) is 21.9 Å². The summed E-state index contributed by atoms with van der Waals surface area (Å²) >= 11 is 7.34. The van der Waals surface area contributed by atoms with Gasteiger partial charge in [-0.15, -0.1) is 0 Å². The molecular weight excluding hydrogens is 466 g/mol. The highest BCUT2D eigenvalue weighted by Gasteiger charge is 2.41. The molecule has 7 nitrogen and oxygen atoms in total. The number of anilines is 1. The highest BCUT2D eigenvalue weighted by atomic mass is 32.2. The molecule has 0 amide bonds. The average Bonchev–Trinajstić information content (AvgIpc) is 3.42. The Bertz CT molecular complexity index is 1320. The number of benzene rings is 2. The van der Waals surface area contributed by atoms with Crippen LogP contribution in [0.2, 0.25) is 0 Å². The number of aryl methyl sites for hydroxylation is 1. The number of nitro groups is 1. The first kappa shape index (κ1) is 22.1. The van der Waals surface area contributed by atoms with E-state index in [0.717, 1.165) is 26.9 Å². The summed E-state index contributed by atoms with van der Waals surface area (Å²) < 4.78 is 2.11. The Morgan fingerprint density at radius 2 is 1.71 bits per heavy atom. The van der Waals surface area contributed by atoms with Gasteiger partial charge in [-0.25, -0.2) is 0 Å². The zero-order valence-corrected chi connectivity index (χ0v) is 19.9. The highest BCUT2D eigenvalue weighted by molar-refractivity contribution is 7.99. The first-order valence-electron chi connectivity index (χ1n) is 10.7. The fraction of sp³-hybridized carbons (Fsp3) is 0.120. The molecule has 0 spiro atoms. The van der Waals surface area contributed by atoms with Gasteiger partial charge in [-0.3, -0.25) is 15.1 Å². The molecule has 0 radical (unpaired) electrons. The lowest BCUT2D eigenvalue weighted by Gasteiger charge is -2.28. The summed E-state index contributed by atoms with van der Waals surface area (Å²) in [4.78, 5) is 19.2. The van der Waals surface area contributed by atoms with Crippen LogP contribution in [0.25, 0.3) is 0 Å².